The van der Waals surface area contributed by atoms with Crippen molar-refractivity contribution >= 4 is 5.91 Å². The Labute approximate surface area is 171 Å². The molecular formula is C24H27N3O2. The lowest BCUT2D eigenvalue weighted by Gasteiger charge is -2.24. The van der Waals surface area contributed by atoms with Gasteiger partial charge in [-0.25, -0.2) is 0 Å². The number of aromatic nitrogens is 2. The first kappa shape index (κ1) is 19.4. The van der Waals surface area contributed by atoms with E-state index >= 15 is 0 Å². The molecule has 2 atom stereocenters. The fourth-order valence-corrected chi connectivity index (χ4v) is 4.09. The van der Waals surface area contributed by atoms with Gasteiger partial charge >= 0.3 is 0 Å². The maximum absolute atomic E-state index is 13.0. The van der Waals surface area contributed by atoms with Crippen molar-refractivity contribution in [1.29, 1.82) is 0 Å². The Hall–Kier alpha value is -2.95. The molecule has 4 rings (SSSR count). The number of hydrogen-bond acceptors (Lipinski definition) is 4. The van der Waals surface area contributed by atoms with Gasteiger partial charge in [0, 0.05) is 31.0 Å². The number of nitrogens with zero attached hydrogens (tertiary/aromatic N) is 3. The van der Waals surface area contributed by atoms with Crippen molar-refractivity contribution in [2.45, 2.75) is 51.0 Å². The first-order chi connectivity index (χ1) is 14.2. The molecule has 1 amide bonds. The number of amides is 1. The van der Waals surface area contributed by atoms with Gasteiger partial charge < -0.3 is 9.32 Å². The highest BCUT2D eigenvalue weighted by molar-refractivity contribution is 5.94. The summed E-state index contributed by atoms with van der Waals surface area (Å²) >= 11 is 0. The number of aryl methyl sites for hydroxylation is 1. The number of hydrogen-bond donors (Lipinski definition) is 0. The van der Waals surface area contributed by atoms with Crippen molar-refractivity contribution < 1.29 is 9.21 Å². The van der Waals surface area contributed by atoms with Crippen LogP contribution >= 0.6 is 0 Å². The monoisotopic (exact) mass is 389 g/mol. The van der Waals surface area contributed by atoms with Gasteiger partial charge in [-0.05, 0) is 48.9 Å². The van der Waals surface area contributed by atoms with Gasteiger partial charge in [-0.2, -0.15) is 0 Å². The van der Waals surface area contributed by atoms with Crippen molar-refractivity contribution in [3.63, 3.8) is 0 Å². The Bertz CT molecular complexity index is 950. The predicted octanol–water partition coefficient (Wildman–Crippen LogP) is 5.10. The molecule has 2 aromatic carbocycles. The van der Waals surface area contributed by atoms with Crippen LogP contribution in [0.4, 0.5) is 0 Å². The molecule has 0 N–H and O–H groups in total. The van der Waals surface area contributed by atoms with Crippen molar-refractivity contribution in [3.05, 3.63) is 71.9 Å². The lowest BCUT2D eigenvalue weighted by molar-refractivity contribution is 0.0733. The minimum atomic E-state index is 0.0625. The van der Waals surface area contributed by atoms with Crippen LogP contribution in [-0.2, 0) is 6.42 Å². The van der Waals surface area contributed by atoms with Crippen LogP contribution in [-0.4, -0.2) is 34.1 Å². The van der Waals surface area contributed by atoms with Crippen LogP contribution in [0.25, 0.3) is 11.1 Å². The summed E-state index contributed by atoms with van der Waals surface area (Å²) in [6.07, 6.45) is 4.62. The van der Waals surface area contributed by atoms with E-state index in [4.69, 9.17) is 4.42 Å². The molecule has 1 aliphatic carbocycles. The molecule has 0 bridgehead atoms. The summed E-state index contributed by atoms with van der Waals surface area (Å²) in [6.45, 7) is 2.10. The lowest BCUT2D eigenvalue weighted by atomic mass is 10.0. The number of rotatable bonds is 6. The van der Waals surface area contributed by atoms with E-state index in [0.29, 0.717) is 5.89 Å². The van der Waals surface area contributed by atoms with Gasteiger partial charge in [-0.1, -0.05) is 49.4 Å². The first-order valence-corrected chi connectivity index (χ1v) is 10.4. The predicted molar refractivity (Wildman–Crippen MR) is 113 cm³/mol. The summed E-state index contributed by atoms with van der Waals surface area (Å²) in [5.41, 5.74) is 2.99. The lowest BCUT2D eigenvalue weighted by Crippen LogP contribution is -2.35. The standard InChI is InChI=1S/C24H27N3O2/c1-3-7-22-25-26-23(29-22)20-14-15-21(16-20)27(2)24(28)19-12-10-18(11-13-19)17-8-5-4-6-9-17/h4-6,8-13,20-21H,3,7,14-16H2,1-2H3. The summed E-state index contributed by atoms with van der Waals surface area (Å²) < 4.78 is 5.81. The van der Waals surface area contributed by atoms with Gasteiger partial charge in [-0.3, -0.25) is 4.79 Å². The van der Waals surface area contributed by atoms with Crippen LogP contribution in [0.3, 0.4) is 0 Å². The molecule has 150 valence electrons. The molecule has 5 heteroatoms. The molecule has 1 fully saturated rings. The summed E-state index contributed by atoms with van der Waals surface area (Å²) in [4.78, 5) is 14.9. The highest BCUT2D eigenvalue weighted by atomic mass is 16.4. The van der Waals surface area contributed by atoms with Crippen molar-refractivity contribution in [2.24, 2.45) is 0 Å². The van der Waals surface area contributed by atoms with Crippen molar-refractivity contribution in [2.75, 3.05) is 7.05 Å². The Balaban J connectivity index is 1.40. The Kier molecular flexibility index (Phi) is 5.74. The Morgan fingerprint density at radius 3 is 2.48 bits per heavy atom. The molecule has 1 saturated carbocycles. The Morgan fingerprint density at radius 2 is 1.76 bits per heavy atom. The molecule has 1 aliphatic rings. The maximum atomic E-state index is 13.0. The highest BCUT2D eigenvalue weighted by Crippen LogP contribution is 2.36. The third-order valence-corrected chi connectivity index (χ3v) is 5.81. The molecule has 1 heterocycles. The van der Waals surface area contributed by atoms with E-state index in [1.165, 1.54) is 0 Å². The fraction of sp³-hybridized carbons (Fsp3) is 0.375. The molecule has 0 spiro atoms. The van der Waals surface area contributed by atoms with Crippen LogP contribution in [0.5, 0.6) is 0 Å². The van der Waals surface area contributed by atoms with Gasteiger partial charge in [0.1, 0.15) is 0 Å². The highest BCUT2D eigenvalue weighted by Gasteiger charge is 2.33. The van der Waals surface area contributed by atoms with Crippen LogP contribution in [0, 0.1) is 0 Å². The van der Waals surface area contributed by atoms with Gasteiger partial charge in [0.2, 0.25) is 11.8 Å². The van der Waals surface area contributed by atoms with Crippen LogP contribution in [0.2, 0.25) is 0 Å². The second-order valence-corrected chi connectivity index (χ2v) is 7.81. The summed E-state index contributed by atoms with van der Waals surface area (Å²) in [5, 5.41) is 8.37. The molecular weight excluding hydrogens is 362 g/mol. The third-order valence-electron chi connectivity index (χ3n) is 5.81. The van der Waals surface area contributed by atoms with E-state index in [0.717, 1.165) is 54.7 Å². The van der Waals surface area contributed by atoms with Crippen LogP contribution in [0.15, 0.2) is 59.0 Å². The van der Waals surface area contributed by atoms with Gasteiger partial charge in [-0.15, -0.1) is 10.2 Å². The summed E-state index contributed by atoms with van der Waals surface area (Å²) in [6, 6.07) is 18.3. The SMILES string of the molecule is CCCc1nnc(C2CCC(N(C)C(=O)c3ccc(-c4ccccc4)cc3)C2)o1. The zero-order chi connectivity index (χ0) is 20.2. The molecule has 2 unspecified atom stereocenters. The minimum Gasteiger partial charge on any atom is -0.425 e. The molecule has 3 aromatic rings. The van der Waals surface area contributed by atoms with Crippen molar-refractivity contribution in [3.8, 4) is 11.1 Å². The smallest absolute Gasteiger partial charge is 0.253 e. The number of carbonyl (C=O) groups excluding carboxylic acids is 1. The van der Waals surface area contributed by atoms with E-state index in [9.17, 15) is 4.79 Å². The Morgan fingerprint density at radius 1 is 1.03 bits per heavy atom. The van der Waals surface area contributed by atoms with Gasteiger partial charge in [0.25, 0.3) is 5.91 Å². The molecule has 5 nitrogen and oxygen atoms in total. The van der Waals surface area contributed by atoms with Crippen LogP contribution in [0.1, 0.15) is 60.7 Å². The van der Waals surface area contributed by atoms with Crippen molar-refractivity contribution in [1.82, 2.24) is 15.1 Å². The average molecular weight is 389 g/mol. The topological polar surface area (TPSA) is 59.2 Å². The quantitative estimate of drug-likeness (QED) is 0.589. The number of carbonyl (C=O) groups is 1. The molecule has 29 heavy (non-hydrogen) atoms. The molecule has 1 aromatic heterocycles. The zero-order valence-corrected chi connectivity index (χ0v) is 17.0. The van der Waals surface area contributed by atoms with Crippen LogP contribution < -0.4 is 0 Å². The second-order valence-electron chi connectivity index (χ2n) is 7.81. The normalized spacial score (nSPS) is 18.7. The van der Waals surface area contributed by atoms with E-state index in [1.54, 1.807) is 0 Å². The maximum Gasteiger partial charge on any atom is 0.253 e. The number of benzene rings is 2. The van der Waals surface area contributed by atoms with E-state index in [-0.39, 0.29) is 17.9 Å². The second kappa shape index (κ2) is 8.60. The summed E-state index contributed by atoms with van der Waals surface area (Å²) in [7, 11) is 1.90. The van der Waals surface area contributed by atoms with Gasteiger partial charge in [0.15, 0.2) is 0 Å². The molecule has 0 radical (unpaired) electrons. The fourth-order valence-electron chi connectivity index (χ4n) is 4.09. The third kappa shape index (κ3) is 4.24. The van der Waals surface area contributed by atoms with E-state index < -0.39 is 0 Å². The first-order valence-electron chi connectivity index (χ1n) is 10.4. The van der Waals surface area contributed by atoms with E-state index in [2.05, 4.69) is 29.3 Å². The largest absolute Gasteiger partial charge is 0.425 e. The molecule has 0 saturated heterocycles. The minimum absolute atomic E-state index is 0.0625. The van der Waals surface area contributed by atoms with E-state index in [1.807, 2.05) is 54.4 Å². The zero-order valence-electron chi connectivity index (χ0n) is 17.0. The summed E-state index contributed by atoms with van der Waals surface area (Å²) in [5.74, 6) is 1.75. The molecule has 0 aliphatic heterocycles. The average Bonchev–Trinajstić information content (AvgIpc) is 3.43. The van der Waals surface area contributed by atoms with Gasteiger partial charge in [0.05, 0.1) is 0 Å².